The highest BCUT2D eigenvalue weighted by atomic mass is 16.4. The van der Waals surface area contributed by atoms with Gasteiger partial charge in [-0.05, 0) is 79.0 Å². The average molecular weight is 352 g/mol. The van der Waals surface area contributed by atoms with Gasteiger partial charge in [-0.1, -0.05) is 32.0 Å². The first kappa shape index (κ1) is 17.5. The molecule has 1 aromatic rings. The maximum absolute atomic E-state index is 12.4. The highest BCUT2D eigenvalue weighted by Crippen LogP contribution is 2.59. The monoisotopic (exact) mass is 352 g/mol. The van der Waals surface area contributed by atoms with E-state index in [1.165, 1.54) is 11.1 Å². The van der Waals surface area contributed by atoms with Crippen molar-refractivity contribution < 1.29 is 14.7 Å². The molecule has 2 saturated carbocycles. The molecule has 1 aromatic carbocycles. The van der Waals surface area contributed by atoms with Crippen LogP contribution in [0.2, 0.25) is 0 Å². The quantitative estimate of drug-likeness (QED) is 0.780. The number of carboxylic acid groups (broad SMARTS) is 1. The fourth-order valence-corrected chi connectivity index (χ4v) is 5.98. The first-order valence-corrected chi connectivity index (χ1v) is 10.0. The fraction of sp³-hybridized carbons (Fsp3) is 0.565. The maximum atomic E-state index is 12.4. The summed E-state index contributed by atoms with van der Waals surface area (Å²) in [7, 11) is 0. The molecule has 3 nitrogen and oxygen atoms in total. The van der Waals surface area contributed by atoms with Crippen LogP contribution in [0.3, 0.4) is 0 Å². The fourth-order valence-electron chi connectivity index (χ4n) is 5.98. The van der Waals surface area contributed by atoms with Crippen LogP contribution in [0.25, 0.3) is 6.08 Å². The van der Waals surface area contributed by atoms with Crippen molar-refractivity contribution in [3.05, 3.63) is 40.5 Å². The zero-order valence-corrected chi connectivity index (χ0v) is 15.8. The van der Waals surface area contributed by atoms with Crippen molar-refractivity contribution in [2.24, 2.45) is 17.3 Å². The molecule has 26 heavy (non-hydrogen) atoms. The maximum Gasteiger partial charge on any atom is 0.331 e. The Kier molecular flexibility index (Phi) is 4.29. The minimum absolute atomic E-state index is 0.0706. The first-order valence-electron chi connectivity index (χ1n) is 10.0. The lowest BCUT2D eigenvalue weighted by molar-refractivity contribution is -0.132. The summed E-state index contributed by atoms with van der Waals surface area (Å²) < 4.78 is 0. The smallest absolute Gasteiger partial charge is 0.331 e. The highest BCUT2D eigenvalue weighted by Gasteiger charge is 2.54. The average Bonchev–Trinajstić information content (AvgIpc) is 2.94. The van der Waals surface area contributed by atoms with E-state index in [-0.39, 0.29) is 5.41 Å². The summed E-state index contributed by atoms with van der Waals surface area (Å²) in [5.74, 6) is 1.43. The van der Waals surface area contributed by atoms with Crippen LogP contribution in [0, 0.1) is 17.3 Å². The molecule has 0 aromatic heterocycles. The highest BCUT2D eigenvalue weighted by molar-refractivity contribution is 5.92. The van der Waals surface area contributed by atoms with E-state index >= 15 is 0 Å². The minimum atomic E-state index is -0.831. The molecule has 2 fully saturated rings. The van der Waals surface area contributed by atoms with E-state index in [0.29, 0.717) is 35.5 Å². The largest absolute Gasteiger partial charge is 0.478 e. The number of fused-ring (bicyclic) bond motifs is 5. The number of ketones is 1. The molecule has 3 aliphatic carbocycles. The van der Waals surface area contributed by atoms with Gasteiger partial charge in [-0.15, -0.1) is 0 Å². The molecule has 4 atom stereocenters. The molecule has 3 aliphatic rings. The number of hydrogen-bond acceptors (Lipinski definition) is 2. The summed E-state index contributed by atoms with van der Waals surface area (Å²) in [4.78, 5) is 23.7. The minimum Gasteiger partial charge on any atom is -0.478 e. The van der Waals surface area contributed by atoms with Crippen molar-refractivity contribution in [3.8, 4) is 0 Å². The third kappa shape index (κ3) is 2.64. The predicted molar refractivity (Wildman–Crippen MR) is 102 cm³/mol. The molecule has 0 aliphatic heterocycles. The number of Topliss-reactive ketones (excluding diaryl/α,β-unsaturated/α-hetero) is 1. The molecule has 0 heterocycles. The van der Waals surface area contributed by atoms with Crippen molar-refractivity contribution in [1.29, 1.82) is 0 Å². The van der Waals surface area contributed by atoms with Crippen LogP contribution in [0.15, 0.2) is 23.8 Å². The Hall–Kier alpha value is -1.90. The number of carboxylic acids is 1. The second-order valence-electron chi connectivity index (χ2n) is 8.62. The van der Waals surface area contributed by atoms with Gasteiger partial charge in [0, 0.05) is 17.4 Å². The molecule has 3 heteroatoms. The predicted octanol–water partition coefficient (Wildman–Crippen LogP) is 4.99. The van der Waals surface area contributed by atoms with Crippen LogP contribution in [-0.2, 0) is 16.0 Å². The Balaban J connectivity index is 1.64. The van der Waals surface area contributed by atoms with E-state index in [1.54, 1.807) is 0 Å². The lowest BCUT2D eigenvalue weighted by atomic mass is 9.55. The summed E-state index contributed by atoms with van der Waals surface area (Å²) in [6.45, 7) is 4.09. The van der Waals surface area contributed by atoms with Gasteiger partial charge < -0.3 is 5.11 Å². The number of rotatable bonds is 3. The summed E-state index contributed by atoms with van der Waals surface area (Å²) in [5, 5.41) is 9.26. The zero-order valence-electron chi connectivity index (χ0n) is 15.8. The summed E-state index contributed by atoms with van der Waals surface area (Å²) in [6, 6.07) is 6.50. The van der Waals surface area contributed by atoms with Crippen LogP contribution in [0.4, 0.5) is 0 Å². The van der Waals surface area contributed by atoms with Gasteiger partial charge in [0.15, 0.2) is 0 Å². The molecule has 0 saturated heterocycles. The van der Waals surface area contributed by atoms with Crippen LogP contribution >= 0.6 is 0 Å². The van der Waals surface area contributed by atoms with Gasteiger partial charge in [0.25, 0.3) is 0 Å². The SMILES string of the molecule is CCC(=Cc1ccc2c(c1)CC[C@@H]1[C@@H]2CC[C@]2(C)C(=O)CC[C@@H]12)C(=O)O. The molecule has 0 bridgehead atoms. The molecular formula is C23H28O3. The Morgan fingerprint density at radius 3 is 2.81 bits per heavy atom. The third-order valence-corrected chi connectivity index (χ3v) is 7.46. The van der Waals surface area contributed by atoms with Gasteiger partial charge in [0.1, 0.15) is 5.78 Å². The van der Waals surface area contributed by atoms with E-state index in [4.69, 9.17) is 0 Å². The summed E-state index contributed by atoms with van der Waals surface area (Å²) >= 11 is 0. The molecule has 1 N–H and O–H groups in total. The third-order valence-electron chi connectivity index (χ3n) is 7.46. The van der Waals surface area contributed by atoms with Crippen LogP contribution in [0.1, 0.15) is 75.0 Å². The number of aryl methyl sites for hydroxylation is 1. The van der Waals surface area contributed by atoms with E-state index in [9.17, 15) is 14.7 Å². The standard InChI is InChI=1S/C23H28O3/c1-3-15(22(25)26)12-14-4-6-17-16(13-14)5-7-19-18(17)10-11-23(2)20(19)8-9-21(23)24/h4,6,12-13,18-20H,3,5,7-11H2,1-2H3,(H,25,26)/t18-,19-,20+,23+/m1/s1. The van der Waals surface area contributed by atoms with Crippen LogP contribution in [0.5, 0.6) is 0 Å². The van der Waals surface area contributed by atoms with Crippen molar-refractivity contribution in [3.63, 3.8) is 0 Å². The number of hydrogen-bond donors (Lipinski definition) is 1. The lowest BCUT2D eigenvalue weighted by Gasteiger charge is -2.48. The van der Waals surface area contributed by atoms with E-state index in [1.807, 2.05) is 13.0 Å². The van der Waals surface area contributed by atoms with Crippen LogP contribution < -0.4 is 0 Å². The van der Waals surface area contributed by atoms with Gasteiger partial charge in [0.05, 0.1) is 0 Å². The number of aliphatic carboxylic acids is 1. The summed E-state index contributed by atoms with van der Waals surface area (Å²) in [5.41, 5.74) is 4.22. The van der Waals surface area contributed by atoms with E-state index < -0.39 is 5.97 Å². The number of carbonyl (C=O) groups excluding carboxylic acids is 1. The number of benzene rings is 1. The number of carbonyl (C=O) groups is 2. The Bertz CT molecular complexity index is 791. The summed E-state index contributed by atoms with van der Waals surface area (Å²) in [6.07, 6.45) is 8.54. The van der Waals surface area contributed by atoms with Crippen LogP contribution in [-0.4, -0.2) is 16.9 Å². The van der Waals surface area contributed by atoms with Crippen molar-refractivity contribution in [2.45, 2.75) is 64.7 Å². The molecule has 4 rings (SSSR count). The Labute approximate surface area is 155 Å². The van der Waals surface area contributed by atoms with E-state index in [2.05, 4.69) is 25.1 Å². The van der Waals surface area contributed by atoms with Crippen molar-refractivity contribution in [1.82, 2.24) is 0 Å². The zero-order chi connectivity index (χ0) is 18.5. The molecule has 138 valence electrons. The van der Waals surface area contributed by atoms with Crippen molar-refractivity contribution in [2.75, 3.05) is 0 Å². The van der Waals surface area contributed by atoms with E-state index in [0.717, 1.165) is 44.1 Å². The molecule has 0 spiro atoms. The molecular weight excluding hydrogens is 324 g/mol. The lowest BCUT2D eigenvalue weighted by Crippen LogP contribution is -2.42. The Morgan fingerprint density at radius 1 is 1.27 bits per heavy atom. The van der Waals surface area contributed by atoms with Crippen molar-refractivity contribution >= 4 is 17.8 Å². The molecule has 0 radical (unpaired) electrons. The second kappa shape index (κ2) is 6.37. The van der Waals surface area contributed by atoms with Gasteiger partial charge in [-0.25, -0.2) is 4.79 Å². The van der Waals surface area contributed by atoms with Gasteiger partial charge in [-0.2, -0.15) is 0 Å². The normalized spacial score (nSPS) is 33.4. The second-order valence-corrected chi connectivity index (χ2v) is 8.62. The van der Waals surface area contributed by atoms with Gasteiger partial charge in [0.2, 0.25) is 0 Å². The molecule has 0 unspecified atom stereocenters. The van der Waals surface area contributed by atoms with Gasteiger partial charge in [-0.3, -0.25) is 4.79 Å². The van der Waals surface area contributed by atoms with Gasteiger partial charge >= 0.3 is 5.97 Å². The molecule has 0 amide bonds. The topological polar surface area (TPSA) is 54.4 Å². The first-order chi connectivity index (χ1) is 12.4. The Morgan fingerprint density at radius 2 is 2.08 bits per heavy atom.